The largest absolute Gasteiger partial charge is 0.478 e. The van der Waals surface area contributed by atoms with Crippen molar-refractivity contribution in [3.05, 3.63) is 34.9 Å². The number of hydrogen-bond acceptors (Lipinski definition) is 2. The molecule has 1 heterocycles. The first-order chi connectivity index (χ1) is 8.56. The smallest absolute Gasteiger partial charge is 0.335 e. The highest BCUT2D eigenvalue weighted by Gasteiger charge is 2.16. The first-order valence-electron chi connectivity index (χ1n) is 6.61. The highest BCUT2D eigenvalue weighted by Crippen LogP contribution is 2.20. The average molecular weight is 247 g/mol. The van der Waals surface area contributed by atoms with Gasteiger partial charge in [0.05, 0.1) is 5.56 Å². The van der Waals surface area contributed by atoms with Gasteiger partial charge in [-0.15, -0.1) is 0 Å². The number of benzene rings is 1. The molecule has 0 radical (unpaired) electrons. The van der Waals surface area contributed by atoms with Crippen LogP contribution in [0.5, 0.6) is 0 Å². The van der Waals surface area contributed by atoms with Crippen molar-refractivity contribution in [2.24, 2.45) is 5.92 Å². The van der Waals surface area contributed by atoms with Gasteiger partial charge in [-0.05, 0) is 62.0 Å². The summed E-state index contributed by atoms with van der Waals surface area (Å²) >= 11 is 0. The second kappa shape index (κ2) is 5.53. The summed E-state index contributed by atoms with van der Waals surface area (Å²) in [5.41, 5.74) is 2.70. The SMILES string of the molecule is Cc1cc(C(=O)O)ccc1CN1CCC(C)CC1. The summed E-state index contributed by atoms with van der Waals surface area (Å²) in [6.07, 6.45) is 2.54. The molecule has 0 aromatic heterocycles. The van der Waals surface area contributed by atoms with Crippen LogP contribution in [0.3, 0.4) is 0 Å². The van der Waals surface area contributed by atoms with Crippen LogP contribution in [-0.2, 0) is 6.54 Å². The minimum atomic E-state index is -0.851. The first-order valence-corrected chi connectivity index (χ1v) is 6.61. The number of carboxylic acid groups (broad SMARTS) is 1. The Kier molecular flexibility index (Phi) is 4.02. The number of aryl methyl sites for hydroxylation is 1. The molecule has 1 aliphatic heterocycles. The Morgan fingerprint density at radius 1 is 1.39 bits per heavy atom. The normalized spacial score (nSPS) is 17.9. The van der Waals surface area contributed by atoms with Crippen LogP contribution in [0.2, 0.25) is 0 Å². The maximum Gasteiger partial charge on any atom is 0.335 e. The molecular formula is C15H21NO2. The topological polar surface area (TPSA) is 40.5 Å². The Labute approximate surface area is 108 Å². The third-order valence-corrected chi connectivity index (χ3v) is 3.86. The molecule has 0 aliphatic carbocycles. The van der Waals surface area contributed by atoms with Crippen LogP contribution in [0.15, 0.2) is 18.2 Å². The number of nitrogens with zero attached hydrogens (tertiary/aromatic N) is 1. The third kappa shape index (κ3) is 3.10. The van der Waals surface area contributed by atoms with Crippen molar-refractivity contribution in [3.63, 3.8) is 0 Å². The zero-order chi connectivity index (χ0) is 13.1. The maximum absolute atomic E-state index is 10.9. The molecule has 1 N–H and O–H groups in total. The summed E-state index contributed by atoms with van der Waals surface area (Å²) in [5, 5.41) is 8.94. The van der Waals surface area contributed by atoms with E-state index in [9.17, 15) is 4.79 Å². The molecule has 0 unspecified atom stereocenters. The van der Waals surface area contributed by atoms with Gasteiger partial charge in [-0.25, -0.2) is 4.79 Å². The van der Waals surface area contributed by atoms with Crippen LogP contribution in [0.25, 0.3) is 0 Å². The van der Waals surface area contributed by atoms with E-state index in [0.29, 0.717) is 5.56 Å². The first kappa shape index (κ1) is 13.1. The summed E-state index contributed by atoms with van der Waals surface area (Å²) in [4.78, 5) is 13.3. The maximum atomic E-state index is 10.9. The minimum Gasteiger partial charge on any atom is -0.478 e. The van der Waals surface area contributed by atoms with Gasteiger partial charge in [-0.2, -0.15) is 0 Å². The fourth-order valence-electron chi connectivity index (χ4n) is 2.47. The number of hydrogen-bond donors (Lipinski definition) is 1. The second-order valence-corrected chi connectivity index (χ2v) is 5.41. The summed E-state index contributed by atoms with van der Waals surface area (Å²) in [7, 11) is 0. The number of carboxylic acids is 1. The number of rotatable bonds is 3. The van der Waals surface area contributed by atoms with Gasteiger partial charge in [0.25, 0.3) is 0 Å². The summed E-state index contributed by atoms with van der Waals surface area (Å²) in [6, 6.07) is 5.43. The predicted octanol–water partition coefficient (Wildman–Crippen LogP) is 2.93. The fraction of sp³-hybridized carbons (Fsp3) is 0.533. The molecule has 1 saturated heterocycles. The Morgan fingerprint density at radius 3 is 2.61 bits per heavy atom. The van der Waals surface area contributed by atoms with Gasteiger partial charge in [0, 0.05) is 6.54 Å². The molecule has 98 valence electrons. The predicted molar refractivity (Wildman–Crippen MR) is 71.8 cm³/mol. The Morgan fingerprint density at radius 2 is 2.06 bits per heavy atom. The number of carbonyl (C=O) groups is 1. The zero-order valence-corrected chi connectivity index (χ0v) is 11.1. The Bertz CT molecular complexity index is 434. The quantitative estimate of drug-likeness (QED) is 0.892. The van der Waals surface area contributed by atoms with Crippen LogP contribution < -0.4 is 0 Å². The lowest BCUT2D eigenvalue weighted by atomic mass is 9.98. The fourth-order valence-corrected chi connectivity index (χ4v) is 2.47. The van der Waals surface area contributed by atoms with Gasteiger partial charge >= 0.3 is 5.97 Å². The molecule has 1 aliphatic rings. The standard InChI is InChI=1S/C15H21NO2/c1-11-5-7-16(8-6-11)10-14-4-3-13(15(17)18)9-12(14)2/h3-4,9,11H,5-8,10H2,1-2H3,(H,17,18). The van der Waals surface area contributed by atoms with Gasteiger partial charge in [0.15, 0.2) is 0 Å². The van der Waals surface area contributed by atoms with Crippen molar-refractivity contribution >= 4 is 5.97 Å². The Balaban J connectivity index is 2.03. The molecule has 18 heavy (non-hydrogen) atoms. The lowest BCUT2D eigenvalue weighted by Crippen LogP contribution is -2.32. The van der Waals surface area contributed by atoms with Gasteiger partial charge in [0.2, 0.25) is 0 Å². The third-order valence-electron chi connectivity index (χ3n) is 3.86. The van der Waals surface area contributed by atoms with E-state index in [4.69, 9.17) is 5.11 Å². The van der Waals surface area contributed by atoms with Crippen molar-refractivity contribution in [2.45, 2.75) is 33.2 Å². The van der Waals surface area contributed by atoms with Gasteiger partial charge in [-0.1, -0.05) is 13.0 Å². The van der Waals surface area contributed by atoms with E-state index in [1.54, 1.807) is 12.1 Å². The second-order valence-electron chi connectivity index (χ2n) is 5.41. The van der Waals surface area contributed by atoms with E-state index >= 15 is 0 Å². The van der Waals surface area contributed by atoms with Crippen LogP contribution in [0.1, 0.15) is 41.3 Å². The number of aromatic carboxylic acids is 1. The van der Waals surface area contributed by atoms with E-state index < -0.39 is 5.97 Å². The van der Waals surface area contributed by atoms with Crippen molar-refractivity contribution in [3.8, 4) is 0 Å². The van der Waals surface area contributed by atoms with E-state index in [-0.39, 0.29) is 0 Å². The molecule has 1 aromatic rings. The number of piperidine rings is 1. The molecule has 0 amide bonds. The molecule has 3 nitrogen and oxygen atoms in total. The summed E-state index contributed by atoms with van der Waals surface area (Å²) in [6.45, 7) is 7.56. The van der Waals surface area contributed by atoms with Crippen LogP contribution >= 0.6 is 0 Å². The lowest BCUT2D eigenvalue weighted by Gasteiger charge is -2.30. The van der Waals surface area contributed by atoms with Gasteiger partial charge in [-0.3, -0.25) is 4.90 Å². The molecule has 0 atom stereocenters. The average Bonchev–Trinajstić information content (AvgIpc) is 2.34. The van der Waals surface area contributed by atoms with Crippen LogP contribution in [0.4, 0.5) is 0 Å². The molecule has 0 saturated carbocycles. The molecule has 1 aromatic carbocycles. The number of likely N-dealkylation sites (tertiary alicyclic amines) is 1. The zero-order valence-electron chi connectivity index (χ0n) is 11.1. The lowest BCUT2D eigenvalue weighted by molar-refractivity contribution is 0.0696. The molecule has 3 heteroatoms. The van der Waals surface area contributed by atoms with E-state index in [0.717, 1.165) is 31.1 Å². The minimum absolute atomic E-state index is 0.378. The summed E-state index contributed by atoms with van der Waals surface area (Å²) < 4.78 is 0. The van der Waals surface area contributed by atoms with E-state index in [1.807, 2.05) is 13.0 Å². The van der Waals surface area contributed by atoms with Gasteiger partial charge in [0.1, 0.15) is 0 Å². The van der Waals surface area contributed by atoms with Crippen molar-refractivity contribution in [1.82, 2.24) is 4.90 Å². The van der Waals surface area contributed by atoms with E-state index in [2.05, 4.69) is 11.8 Å². The molecule has 2 rings (SSSR count). The molecule has 0 spiro atoms. The van der Waals surface area contributed by atoms with E-state index in [1.165, 1.54) is 18.4 Å². The molecular weight excluding hydrogens is 226 g/mol. The monoisotopic (exact) mass is 247 g/mol. The van der Waals surface area contributed by atoms with Crippen molar-refractivity contribution < 1.29 is 9.90 Å². The van der Waals surface area contributed by atoms with Crippen LogP contribution in [0, 0.1) is 12.8 Å². The van der Waals surface area contributed by atoms with Crippen molar-refractivity contribution in [1.29, 1.82) is 0 Å². The highest BCUT2D eigenvalue weighted by atomic mass is 16.4. The van der Waals surface area contributed by atoms with Gasteiger partial charge < -0.3 is 5.11 Å². The van der Waals surface area contributed by atoms with Crippen LogP contribution in [-0.4, -0.2) is 29.1 Å². The molecule has 1 fully saturated rings. The highest BCUT2D eigenvalue weighted by molar-refractivity contribution is 5.87. The Hall–Kier alpha value is -1.35. The summed E-state index contributed by atoms with van der Waals surface area (Å²) in [5.74, 6) is -0.00631. The molecule has 0 bridgehead atoms. The van der Waals surface area contributed by atoms with Crippen molar-refractivity contribution in [2.75, 3.05) is 13.1 Å².